The van der Waals surface area contributed by atoms with Gasteiger partial charge in [-0.15, -0.1) is 0 Å². The van der Waals surface area contributed by atoms with Crippen LogP contribution in [0.5, 0.6) is 0 Å². The zero-order chi connectivity index (χ0) is 23.6. The Balaban J connectivity index is 1.91. The molecule has 0 radical (unpaired) electrons. The van der Waals surface area contributed by atoms with Crippen molar-refractivity contribution in [3.8, 4) is 0 Å². The molecule has 0 aromatic carbocycles. The largest absolute Gasteiger partial charge is 0.456 e. The number of alkyl halides is 3. The molecule has 176 valence electrons. The van der Waals surface area contributed by atoms with Gasteiger partial charge in [-0.25, -0.2) is 18.0 Å². The second kappa shape index (κ2) is 7.19. The first kappa shape index (κ1) is 24.0. The molecule has 0 heterocycles. The van der Waals surface area contributed by atoms with Gasteiger partial charge in [0.15, 0.2) is 0 Å². The summed E-state index contributed by atoms with van der Waals surface area (Å²) in [5, 5.41) is -3.92. The fourth-order valence-electron chi connectivity index (χ4n) is 5.85. The van der Waals surface area contributed by atoms with E-state index in [4.69, 9.17) is 14.0 Å². The number of carbonyl (C=O) groups excluding carboxylic acids is 2. The smallest absolute Gasteiger partial charge is 0.333 e. The first-order valence-corrected chi connectivity index (χ1v) is 11.5. The summed E-state index contributed by atoms with van der Waals surface area (Å²) in [7, 11) is -5.63. The van der Waals surface area contributed by atoms with Gasteiger partial charge in [-0.2, -0.15) is 8.42 Å². The Labute approximate surface area is 179 Å². The van der Waals surface area contributed by atoms with Crippen LogP contribution in [-0.4, -0.2) is 47.5 Å². The standard InChI is InChI=1S/C20H27F3O7S/c1-11(2)14(24)30-20-8-12-5-13(9-20)7-19(6-12,10-20)16(25)29-15(17(3,21)22)18(4,23)31(26,27)28/h12-13,15H,1,5-10H2,2-4H3,(H,26,27,28). The maximum absolute atomic E-state index is 14.8. The predicted octanol–water partition coefficient (Wildman–Crippen LogP) is 3.59. The summed E-state index contributed by atoms with van der Waals surface area (Å²) in [4.78, 5) is 25.3. The summed E-state index contributed by atoms with van der Waals surface area (Å²) in [6.07, 6.45) is -0.669. The predicted molar refractivity (Wildman–Crippen MR) is 102 cm³/mol. The van der Waals surface area contributed by atoms with Crippen molar-refractivity contribution in [2.24, 2.45) is 17.3 Å². The van der Waals surface area contributed by atoms with E-state index in [2.05, 4.69) is 6.58 Å². The quantitative estimate of drug-likeness (QED) is 0.346. The highest BCUT2D eigenvalue weighted by molar-refractivity contribution is 7.87. The molecule has 4 aliphatic rings. The summed E-state index contributed by atoms with van der Waals surface area (Å²) in [6.45, 7) is 5.48. The van der Waals surface area contributed by atoms with Crippen LogP contribution < -0.4 is 0 Å². The monoisotopic (exact) mass is 468 g/mol. The van der Waals surface area contributed by atoms with Crippen LogP contribution in [0.1, 0.15) is 59.3 Å². The van der Waals surface area contributed by atoms with E-state index in [1.807, 2.05) is 0 Å². The molecule has 4 unspecified atom stereocenters. The Kier molecular flexibility index (Phi) is 5.58. The molecule has 4 rings (SSSR count). The van der Waals surface area contributed by atoms with Crippen molar-refractivity contribution in [1.82, 2.24) is 0 Å². The van der Waals surface area contributed by atoms with Gasteiger partial charge in [-0.1, -0.05) is 6.58 Å². The van der Waals surface area contributed by atoms with Crippen LogP contribution in [0.25, 0.3) is 0 Å². The zero-order valence-corrected chi connectivity index (χ0v) is 18.4. The van der Waals surface area contributed by atoms with Crippen LogP contribution in [0.4, 0.5) is 13.2 Å². The van der Waals surface area contributed by atoms with Gasteiger partial charge >= 0.3 is 22.1 Å². The van der Waals surface area contributed by atoms with E-state index in [1.165, 1.54) is 6.92 Å². The third-order valence-corrected chi connectivity index (χ3v) is 7.98. The Hall–Kier alpha value is -1.62. The summed E-state index contributed by atoms with van der Waals surface area (Å²) in [5.74, 6) is -5.93. The van der Waals surface area contributed by atoms with Crippen molar-refractivity contribution in [3.63, 3.8) is 0 Å². The fraction of sp³-hybridized carbons (Fsp3) is 0.800. The van der Waals surface area contributed by atoms with E-state index in [-0.39, 0.29) is 50.5 Å². The molecule has 7 nitrogen and oxygen atoms in total. The Morgan fingerprint density at radius 3 is 2.06 bits per heavy atom. The van der Waals surface area contributed by atoms with Crippen LogP contribution in [0.3, 0.4) is 0 Å². The molecule has 0 aromatic rings. The molecule has 4 saturated carbocycles. The van der Waals surface area contributed by atoms with Crippen molar-refractivity contribution in [2.45, 2.75) is 81.9 Å². The summed E-state index contributed by atoms with van der Waals surface area (Å²) >= 11 is 0. The topological polar surface area (TPSA) is 107 Å². The van der Waals surface area contributed by atoms with E-state index in [0.29, 0.717) is 12.8 Å². The lowest BCUT2D eigenvalue weighted by atomic mass is 9.48. The van der Waals surface area contributed by atoms with Crippen molar-refractivity contribution >= 4 is 22.1 Å². The van der Waals surface area contributed by atoms with Gasteiger partial charge in [0.1, 0.15) is 5.60 Å². The molecule has 4 fully saturated rings. The molecule has 1 N–H and O–H groups in total. The minimum absolute atomic E-state index is 0.0156. The van der Waals surface area contributed by atoms with Gasteiger partial charge in [0, 0.05) is 18.9 Å². The number of halogens is 3. The fourth-order valence-corrected chi connectivity index (χ4v) is 6.37. The molecule has 31 heavy (non-hydrogen) atoms. The summed E-state index contributed by atoms with van der Waals surface area (Å²) in [5.41, 5.74) is -2.11. The molecule has 0 saturated heterocycles. The minimum Gasteiger partial charge on any atom is -0.456 e. The van der Waals surface area contributed by atoms with E-state index >= 15 is 0 Å². The van der Waals surface area contributed by atoms with Crippen molar-refractivity contribution in [3.05, 3.63) is 12.2 Å². The molecule has 11 heteroatoms. The van der Waals surface area contributed by atoms with Crippen LogP contribution in [-0.2, 0) is 29.2 Å². The molecule has 0 aliphatic heterocycles. The maximum Gasteiger partial charge on any atom is 0.333 e. The van der Waals surface area contributed by atoms with Crippen LogP contribution >= 0.6 is 0 Å². The third kappa shape index (κ3) is 4.22. The van der Waals surface area contributed by atoms with Gasteiger partial charge in [0.05, 0.1) is 5.41 Å². The first-order valence-electron chi connectivity index (χ1n) is 10.0. The van der Waals surface area contributed by atoms with Gasteiger partial charge in [-0.05, 0) is 57.8 Å². The molecule has 4 aliphatic carbocycles. The van der Waals surface area contributed by atoms with E-state index in [0.717, 1.165) is 6.42 Å². The van der Waals surface area contributed by atoms with E-state index in [1.54, 1.807) is 0 Å². The normalized spacial score (nSPS) is 35.2. The number of ether oxygens (including phenoxy) is 2. The number of hydrogen-bond donors (Lipinski definition) is 1. The van der Waals surface area contributed by atoms with Crippen molar-refractivity contribution in [1.29, 1.82) is 0 Å². The third-order valence-electron chi connectivity index (χ3n) is 6.76. The number of carbonyl (C=O) groups is 2. The number of esters is 2. The summed E-state index contributed by atoms with van der Waals surface area (Å²) in [6, 6.07) is 0. The van der Waals surface area contributed by atoms with Crippen LogP contribution in [0, 0.1) is 17.3 Å². The lowest BCUT2D eigenvalue weighted by Crippen LogP contribution is -2.62. The Morgan fingerprint density at radius 2 is 1.65 bits per heavy atom. The molecule has 0 spiro atoms. The zero-order valence-electron chi connectivity index (χ0n) is 17.6. The van der Waals surface area contributed by atoms with Crippen molar-refractivity contribution in [2.75, 3.05) is 0 Å². The van der Waals surface area contributed by atoms with E-state index in [9.17, 15) is 31.2 Å². The molecular weight excluding hydrogens is 441 g/mol. The minimum atomic E-state index is -5.63. The van der Waals surface area contributed by atoms with Gasteiger partial charge in [0.2, 0.25) is 6.10 Å². The second-order valence-electron chi connectivity index (χ2n) is 9.80. The molecule has 0 aromatic heterocycles. The van der Waals surface area contributed by atoms with Crippen molar-refractivity contribution < 1.29 is 45.2 Å². The lowest BCUT2D eigenvalue weighted by molar-refractivity contribution is -0.225. The molecule has 4 atom stereocenters. The van der Waals surface area contributed by atoms with Crippen LogP contribution in [0.15, 0.2) is 12.2 Å². The highest BCUT2D eigenvalue weighted by atomic mass is 32.2. The Morgan fingerprint density at radius 1 is 1.13 bits per heavy atom. The average Bonchev–Trinajstić information content (AvgIpc) is 2.55. The van der Waals surface area contributed by atoms with Gasteiger partial charge < -0.3 is 9.47 Å². The molecular formula is C20H27F3O7S. The molecule has 0 amide bonds. The highest BCUT2D eigenvalue weighted by Gasteiger charge is 2.65. The number of hydrogen-bond acceptors (Lipinski definition) is 6. The van der Waals surface area contributed by atoms with Crippen LogP contribution in [0.2, 0.25) is 0 Å². The summed E-state index contributed by atoms with van der Waals surface area (Å²) < 4.78 is 85.4. The van der Waals surface area contributed by atoms with E-state index < -0.39 is 50.1 Å². The highest BCUT2D eigenvalue weighted by Crippen LogP contribution is 2.63. The maximum atomic E-state index is 14.8. The second-order valence-corrected chi connectivity index (χ2v) is 11.5. The first-order chi connectivity index (χ1) is 13.9. The average molecular weight is 468 g/mol. The Bertz CT molecular complexity index is 892. The lowest BCUT2D eigenvalue weighted by Gasteiger charge is -2.60. The number of rotatable bonds is 7. The SMILES string of the molecule is C=C(C)C(=O)OC12CC3CC(C1)CC(C(=O)OC(C(C)(F)F)C(C)(F)S(=O)(=O)O)(C3)C2. The molecule has 4 bridgehead atoms. The van der Waals surface area contributed by atoms with Gasteiger partial charge in [0.25, 0.3) is 10.9 Å². The van der Waals surface area contributed by atoms with Gasteiger partial charge in [-0.3, -0.25) is 9.35 Å².